The van der Waals surface area contributed by atoms with Gasteiger partial charge in [0.05, 0.1) is 106 Å². The number of carbonyl (C=O) groups is 1. The molecule has 198 valence electrons. The maximum absolute atomic E-state index is 10.3. The number of carboxylic acid groups (broad SMARTS) is 1. The van der Waals surface area contributed by atoms with Gasteiger partial charge in [-0.15, -0.1) is 0 Å². The third-order valence-corrected chi connectivity index (χ3v) is 4.21. The maximum atomic E-state index is 10.3. The molecule has 0 heterocycles. The Kier molecular flexibility index (Phi) is 28.4. The lowest BCUT2D eigenvalue weighted by molar-refractivity contribution is -0.138. The van der Waals surface area contributed by atoms with Crippen molar-refractivity contribution in [2.45, 2.75) is 39.0 Å². The van der Waals surface area contributed by atoms with Gasteiger partial charge in [-0.1, -0.05) is 26.2 Å². The first-order valence-corrected chi connectivity index (χ1v) is 12.1. The standard InChI is InChI=1S/C23H46O10/c1-2-3-4-5-7-26-9-11-28-13-15-30-17-19-32-21-22-33-20-18-31-16-14-29-12-10-27-8-6-23(24)25/h2-22H2,1H3,(H,24,25). The van der Waals surface area contributed by atoms with Gasteiger partial charge in [0.1, 0.15) is 0 Å². The molecule has 10 nitrogen and oxygen atoms in total. The Labute approximate surface area is 199 Å². The second-order valence-electron chi connectivity index (χ2n) is 7.10. The maximum Gasteiger partial charge on any atom is 0.305 e. The van der Waals surface area contributed by atoms with E-state index in [0.29, 0.717) is 92.5 Å². The predicted molar refractivity (Wildman–Crippen MR) is 123 cm³/mol. The minimum Gasteiger partial charge on any atom is -0.481 e. The van der Waals surface area contributed by atoms with Gasteiger partial charge >= 0.3 is 5.97 Å². The summed E-state index contributed by atoms with van der Waals surface area (Å²) in [7, 11) is 0. The van der Waals surface area contributed by atoms with E-state index >= 15 is 0 Å². The highest BCUT2D eigenvalue weighted by molar-refractivity contribution is 5.66. The van der Waals surface area contributed by atoms with E-state index in [4.69, 9.17) is 43.0 Å². The molecule has 0 spiro atoms. The van der Waals surface area contributed by atoms with Crippen molar-refractivity contribution < 1.29 is 47.8 Å². The number of hydrogen-bond donors (Lipinski definition) is 1. The summed E-state index contributed by atoms with van der Waals surface area (Å²) in [5.74, 6) is -0.867. The van der Waals surface area contributed by atoms with Crippen molar-refractivity contribution in [1.29, 1.82) is 0 Å². The summed E-state index contributed by atoms with van der Waals surface area (Å²) in [6.45, 7) is 10.4. The molecule has 0 radical (unpaired) electrons. The van der Waals surface area contributed by atoms with Gasteiger partial charge in [0.15, 0.2) is 0 Å². The average Bonchev–Trinajstić information content (AvgIpc) is 2.80. The molecule has 0 saturated carbocycles. The molecule has 0 bridgehead atoms. The molecule has 0 amide bonds. The molecule has 1 N–H and O–H groups in total. The number of rotatable bonds is 29. The predicted octanol–water partition coefficient (Wildman–Crippen LogP) is 2.17. The third kappa shape index (κ3) is 31.1. The fourth-order valence-electron chi connectivity index (χ4n) is 2.43. The van der Waals surface area contributed by atoms with Crippen LogP contribution in [-0.2, 0) is 42.7 Å². The van der Waals surface area contributed by atoms with Crippen LogP contribution in [0.1, 0.15) is 39.0 Å². The normalized spacial score (nSPS) is 11.3. The molecule has 0 saturated heterocycles. The van der Waals surface area contributed by atoms with Crippen molar-refractivity contribution in [1.82, 2.24) is 0 Å². The lowest BCUT2D eigenvalue weighted by Crippen LogP contribution is -2.15. The largest absolute Gasteiger partial charge is 0.481 e. The fourth-order valence-corrected chi connectivity index (χ4v) is 2.43. The van der Waals surface area contributed by atoms with Gasteiger partial charge in [-0.3, -0.25) is 4.79 Å². The first-order valence-electron chi connectivity index (χ1n) is 12.1. The van der Waals surface area contributed by atoms with Gasteiger partial charge in [-0.25, -0.2) is 0 Å². The minimum atomic E-state index is -0.867. The van der Waals surface area contributed by atoms with Gasteiger partial charge in [0.2, 0.25) is 0 Å². The zero-order valence-electron chi connectivity index (χ0n) is 20.5. The van der Waals surface area contributed by atoms with Crippen LogP contribution in [0.5, 0.6) is 0 Å². The van der Waals surface area contributed by atoms with E-state index in [2.05, 4.69) is 6.92 Å². The number of aliphatic carboxylic acids is 1. The van der Waals surface area contributed by atoms with Crippen LogP contribution < -0.4 is 0 Å². The molecule has 0 rings (SSSR count). The first kappa shape index (κ1) is 32.1. The van der Waals surface area contributed by atoms with E-state index in [-0.39, 0.29) is 13.0 Å². The van der Waals surface area contributed by atoms with Crippen molar-refractivity contribution in [3.63, 3.8) is 0 Å². The SMILES string of the molecule is CCCCCCOCCOCCOCCOCCOCCOCCOCCOCCC(=O)O. The van der Waals surface area contributed by atoms with Gasteiger partial charge in [-0.2, -0.15) is 0 Å². The summed E-state index contributed by atoms with van der Waals surface area (Å²) in [5, 5.41) is 8.45. The molecular weight excluding hydrogens is 436 g/mol. The van der Waals surface area contributed by atoms with Crippen molar-refractivity contribution in [2.75, 3.05) is 106 Å². The van der Waals surface area contributed by atoms with Crippen LogP contribution >= 0.6 is 0 Å². The number of hydrogen-bond acceptors (Lipinski definition) is 9. The molecule has 10 heteroatoms. The second kappa shape index (κ2) is 29.2. The van der Waals surface area contributed by atoms with E-state index in [1.807, 2.05) is 0 Å². The Balaban J connectivity index is 3.01. The first-order chi connectivity index (χ1) is 16.3. The van der Waals surface area contributed by atoms with Crippen molar-refractivity contribution >= 4 is 5.97 Å². The zero-order chi connectivity index (χ0) is 24.1. The molecule has 0 aromatic carbocycles. The van der Waals surface area contributed by atoms with E-state index < -0.39 is 5.97 Å². The molecule has 0 atom stereocenters. The van der Waals surface area contributed by atoms with Crippen LogP contribution in [0.15, 0.2) is 0 Å². The summed E-state index contributed by atoms with van der Waals surface area (Å²) in [6.07, 6.45) is 4.89. The second-order valence-corrected chi connectivity index (χ2v) is 7.10. The molecule has 0 aliphatic carbocycles. The highest BCUT2D eigenvalue weighted by Crippen LogP contribution is 1.98. The Morgan fingerprint density at radius 3 is 1.06 bits per heavy atom. The van der Waals surface area contributed by atoms with E-state index in [1.54, 1.807) is 0 Å². The number of unbranched alkanes of at least 4 members (excludes halogenated alkanes) is 3. The molecule has 0 aliphatic rings. The molecular formula is C23H46O10. The number of ether oxygens (including phenoxy) is 8. The molecule has 0 aliphatic heterocycles. The van der Waals surface area contributed by atoms with Crippen molar-refractivity contribution in [2.24, 2.45) is 0 Å². The van der Waals surface area contributed by atoms with Gasteiger partial charge in [0.25, 0.3) is 0 Å². The smallest absolute Gasteiger partial charge is 0.305 e. The Hall–Kier alpha value is -0.850. The fraction of sp³-hybridized carbons (Fsp3) is 0.957. The monoisotopic (exact) mass is 482 g/mol. The number of carboxylic acids is 1. The average molecular weight is 483 g/mol. The topological polar surface area (TPSA) is 111 Å². The lowest BCUT2D eigenvalue weighted by Gasteiger charge is -2.08. The summed E-state index contributed by atoms with van der Waals surface area (Å²) < 4.78 is 43.0. The van der Waals surface area contributed by atoms with Gasteiger partial charge in [0, 0.05) is 6.61 Å². The zero-order valence-corrected chi connectivity index (χ0v) is 20.5. The summed E-state index contributed by atoms with van der Waals surface area (Å²) >= 11 is 0. The van der Waals surface area contributed by atoms with Crippen molar-refractivity contribution in [3.8, 4) is 0 Å². The van der Waals surface area contributed by atoms with Crippen LogP contribution in [0.2, 0.25) is 0 Å². The van der Waals surface area contributed by atoms with Crippen LogP contribution in [0.4, 0.5) is 0 Å². The molecule has 0 unspecified atom stereocenters. The van der Waals surface area contributed by atoms with Gasteiger partial charge in [-0.05, 0) is 6.42 Å². The molecule has 0 aromatic rings. The highest BCUT2D eigenvalue weighted by atomic mass is 16.6. The molecule has 0 aromatic heterocycles. The summed E-state index contributed by atoms with van der Waals surface area (Å²) in [6, 6.07) is 0. The highest BCUT2D eigenvalue weighted by Gasteiger charge is 1.97. The van der Waals surface area contributed by atoms with E-state index in [1.165, 1.54) is 19.3 Å². The Morgan fingerprint density at radius 1 is 0.455 bits per heavy atom. The Bertz CT molecular complexity index is 384. The van der Waals surface area contributed by atoms with E-state index in [9.17, 15) is 4.79 Å². The van der Waals surface area contributed by atoms with Crippen LogP contribution in [-0.4, -0.2) is 117 Å². The van der Waals surface area contributed by atoms with E-state index in [0.717, 1.165) is 13.0 Å². The Morgan fingerprint density at radius 2 is 0.758 bits per heavy atom. The van der Waals surface area contributed by atoms with Crippen LogP contribution in [0, 0.1) is 0 Å². The summed E-state index contributed by atoms with van der Waals surface area (Å²) in [5.41, 5.74) is 0. The third-order valence-electron chi connectivity index (χ3n) is 4.21. The van der Waals surface area contributed by atoms with Gasteiger partial charge < -0.3 is 43.0 Å². The lowest BCUT2D eigenvalue weighted by atomic mass is 10.2. The van der Waals surface area contributed by atoms with Crippen molar-refractivity contribution in [3.05, 3.63) is 0 Å². The molecule has 33 heavy (non-hydrogen) atoms. The minimum absolute atomic E-state index is 0.00724. The summed E-state index contributed by atoms with van der Waals surface area (Å²) in [4.78, 5) is 10.3. The molecule has 0 fully saturated rings. The quantitative estimate of drug-likeness (QED) is 0.159. The van der Waals surface area contributed by atoms with Crippen LogP contribution in [0.25, 0.3) is 0 Å². The van der Waals surface area contributed by atoms with Crippen LogP contribution in [0.3, 0.4) is 0 Å².